The van der Waals surface area contributed by atoms with Gasteiger partial charge in [-0.2, -0.15) is 0 Å². The highest BCUT2D eigenvalue weighted by Crippen LogP contribution is 2.47. The van der Waals surface area contributed by atoms with Crippen molar-refractivity contribution in [2.75, 3.05) is 0 Å². The Hall–Kier alpha value is -2.07. The third-order valence-electron chi connectivity index (χ3n) is 8.04. The second kappa shape index (κ2) is 8.46. The first-order valence-electron chi connectivity index (χ1n) is 11.9. The molecule has 0 radical (unpaired) electrons. The highest BCUT2D eigenvalue weighted by Gasteiger charge is 2.52. The van der Waals surface area contributed by atoms with Gasteiger partial charge in [0.25, 0.3) is 0 Å². The molecule has 0 saturated heterocycles. The Morgan fingerprint density at radius 2 is 1.87 bits per heavy atom. The predicted molar refractivity (Wildman–Crippen MR) is 126 cm³/mol. The number of nitrogens with one attached hydrogen (secondary N) is 1. The number of carbonyl (C=O) groups is 1. The van der Waals surface area contributed by atoms with Crippen molar-refractivity contribution in [3.05, 3.63) is 41.5 Å². The van der Waals surface area contributed by atoms with Crippen LogP contribution in [-0.4, -0.2) is 23.2 Å². The lowest BCUT2D eigenvalue weighted by molar-refractivity contribution is -0.155. The van der Waals surface area contributed by atoms with Crippen molar-refractivity contribution >= 4 is 16.7 Å². The van der Waals surface area contributed by atoms with E-state index in [9.17, 15) is 9.90 Å². The molecule has 2 aromatic carbocycles. The Morgan fingerprint density at radius 3 is 2.52 bits per heavy atom. The number of ether oxygens (including phenoxy) is 1. The monoisotopic (exact) mass is 423 g/mol. The minimum absolute atomic E-state index is 0.170. The number of carboxylic acids is 1. The molecular weight excluding hydrogens is 386 g/mol. The van der Waals surface area contributed by atoms with E-state index in [4.69, 9.17) is 4.74 Å². The summed E-state index contributed by atoms with van der Waals surface area (Å²) < 4.78 is 6.39. The summed E-state index contributed by atoms with van der Waals surface area (Å²) >= 11 is 0. The molecule has 2 N–H and O–H groups in total. The van der Waals surface area contributed by atoms with Gasteiger partial charge in [-0.3, -0.25) is 4.79 Å². The molecule has 0 aliphatic heterocycles. The minimum atomic E-state index is -0.683. The van der Waals surface area contributed by atoms with Crippen LogP contribution in [0.1, 0.15) is 77.0 Å². The van der Waals surface area contributed by atoms with Gasteiger partial charge in [-0.15, -0.1) is 0 Å². The molecule has 0 spiro atoms. The maximum absolute atomic E-state index is 11.4. The Kier molecular flexibility index (Phi) is 6.04. The summed E-state index contributed by atoms with van der Waals surface area (Å²) in [5.74, 6) is 0.897. The van der Waals surface area contributed by atoms with E-state index in [-0.39, 0.29) is 23.4 Å². The summed E-state index contributed by atoms with van der Waals surface area (Å²) in [6.45, 7) is 10.8. The van der Waals surface area contributed by atoms with E-state index in [2.05, 4.69) is 70.3 Å². The van der Waals surface area contributed by atoms with Gasteiger partial charge in [0.05, 0.1) is 12.0 Å². The number of carboxylic acid groups (broad SMARTS) is 1. The van der Waals surface area contributed by atoms with Crippen molar-refractivity contribution in [3.63, 3.8) is 0 Å². The molecule has 4 rings (SSSR count). The fourth-order valence-corrected chi connectivity index (χ4v) is 5.43. The zero-order valence-corrected chi connectivity index (χ0v) is 19.6. The average Bonchev–Trinajstić information content (AvgIpc) is 2.73. The van der Waals surface area contributed by atoms with E-state index >= 15 is 0 Å². The smallest absolute Gasteiger partial charge is 0.307 e. The van der Waals surface area contributed by atoms with Crippen LogP contribution in [0.15, 0.2) is 30.3 Å². The third-order valence-corrected chi connectivity index (χ3v) is 8.04. The quantitative estimate of drug-likeness (QED) is 0.576. The zero-order chi connectivity index (χ0) is 22.3. The lowest BCUT2D eigenvalue weighted by Gasteiger charge is -2.51. The highest BCUT2D eigenvalue weighted by molar-refractivity contribution is 5.88. The first kappa shape index (κ1) is 22.1. The summed E-state index contributed by atoms with van der Waals surface area (Å²) in [6, 6.07) is 11.3. The largest absolute Gasteiger partial charge is 0.490 e. The molecule has 31 heavy (non-hydrogen) atoms. The summed E-state index contributed by atoms with van der Waals surface area (Å²) in [4.78, 5) is 11.4. The summed E-state index contributed by atoms with van der Waals surface area (Å²) in [7, 11) is 0. The summed E-state index contributed by atoms with van der Waals surface area (Å²) in [5.41, 5.74) is 2.22. The number of aliphatic carboxylic acids is 1. The number of hydrogen-bond acceptors (Lipinski definition) is 3. The van der Waals surface area contributed by atoms with Gasteiger partial charge >= 0.3 is 5.97 Å². The molecule has 4 nitrogen and oxygen atoms in total. The normalized spacial score (nSPS) is 28.7. The maximum atomic E-state index is 11.4. The van der Waals surface area contributed by atoms with Crippen LogP contribution in [0.3, 0.4) is 0 Å². The Labute approximate surface area is 186 Å². The average molecular weight is 424 g/mol. The predicted octanol–water partition coefficient (Wildman–Crippen LogP) is 6.26. The number of aryl methyl sites for hydroxylation is 1. The van der Waals surface area contributed by atoms with Crippen LogP contribution >= 0.6 is 0 Å². The van der Waals surface area contributed by atoms with E-state index in [1.807, 2.05) is 0 Å². The van der Waals surface area contributed by atoms with Crippen LogP contribution in [0.5, 0.6) is 5.75 Å². The van der Waals surface area contributed by atoms with Gasteiger partial charge in [0, 0.05) is 12.1 Å². The van der Waals surface area contributed by atoms with Crippen LogP contribution in [-0.2, 0) is 4.79 Å². The van der Waals surface area contributed by atoms with Gasteiger partial charge in [0.15, 0.2) is 0 Å². The molecule has 0 amide bonds. The first-order chi connectivity index (χ1) is 14.7. The molecule has 168 valence electrons. The molecule has 3 unspecified atom stereocenters. The lowest BCUT2D eigenvalue weighted by atomic mass is 9.58. The molecule has 2 aliphatic carbocycles. The van der Waals surface area contributed by atoms with Crippen molar-refractivity contribution < 1.29 is 14.6 Å². The second-order valence-electron chi connectivity index (χ2n) is 10.6. The lowest BCUT2D eigenvalue weighted by Crippen LogP contribution is -2.59. The van der Waals surface area contributed by atoms with Crippen LogP contribution in [0.25, 0.3) is 10.8 Å². The molecule has 2 saturated carbocycles. The molecule has 2 aliphatic rings. The van der Waals surface area contributed by atoms with Gasteiger partial charge in [0.1, 0.15) is 5.75 Å². The van der Waals surface area contributed by atoms with E-state index < -0.39 is 5.97 Å². The van der Waals surface area contributed by atoms with Crippen molar-refractivity contribution in [1.82, 2.24) is 5.32 Å². The molecular formula is C27H37NO3. The van der Waals surface area contributed by atoms with Crippen molar-refractivity contribution in [2.45, 2.75) is 84.9 Å². The number of rotatable bonds is 6. The molecule has 0 bridgehead atoms. The van der Waals surface area contributed by atoms with E-state index in [1.165, 1.54) is 34.7 Å². The minimum Gasteiger partial charge on any atom is -0.490 e. The van der Waals surface area contributed by atoms with Crippen LogP contribution in [0.4, 0.5) is 0 Å². The molecule has 2 fully saturated rings. The number of hydrogen-bond donors (Lipinski definition) is 2. The van der Waals surface area contributed by atoms with E-state index in [0.29, 0.717) is 12.5 Å². The fraction of sp³-hybridized carbons (Fsp3) is 0.593. The van der Waals surface area contributed by atoms with E-state index in [1.54, 1.807) is 0 Å². The molecule has 3 atom stereocenters. The molecule has 0 aromatic heterocycles. The fourth-order valence-electron chi connectivity index (χ4n) is 5.43. The molecule has 0 heterocycles. The van der Waals surface area contributed by atoms with Crippen molar-refractivity contribution in [2.24, 2.45) is 17.3 Å². The first-order valence-corrected chi connectivity index (χ1v) is 11.9. The zero-order valence-electron chi connectivity index (χ0n) is 19.6. The van der Waals surface area contributed by atoms with Gasteiger partial charge in [-0.25, -0.2) is 0 Å². The van der Waals surface area contributed by atoms with Gasteiger partial charge in [0.2, 0.25) is 0 Å². The second-order valence-corrected chi connectivity index (χ2v) is 10.6. The van der Waals surface area contributed by atoms with Crippen LogP contribution in [0.2, 0.25) is 0 Å². The standard InChI is InChI=1S/C27H37NO3/c1-16-6-10-21(11-7-16)31-24-13-9-20-14-19(8-12-22(20)17(24)2)18(3)28-25-15-23(26(29)30)27(25,4)5/h8-9,12-14,16,18,21,23,25,28H,6-7,10-11,15H2,1-5H3,(H,29,30). The van der Waals surface area contributed by atoms with Gasteiger partial charge in [-0.1, -0.05) is 39.0 Å². The number of benzene rings is 2. The third kappa shape index (κ3) is 4.32. The van der Waals surface area contributed by atoms with Crippen molar-refractivity contribution in [3.8, 4) is 5.75 Å². The maximum Gasteiger partial charge on any atom is 0.307 e. The Morgan fingerprint density at radius 1 is 1.16 bits per heavy atom. The Bertz CT molecular complexity index is 958. The summed E-state index contributed by atoms with van der Waals surface area (Å²) in [5, 5.41) is 15.5. The highest BCUT2D eigenvalue weighted by atomic mass is 16.5. The topological polar surface area (TPSA) is 58.6 Å². The van der Waals surface area contributed by atoms with Gasteiger partial charge in [-0.05, 0) is 91.3 Å². The van der Waals surface area contributed by atoms with E-state index in [0.717, 1.165) is 24.5 Å². The van der Waals surface area contributed by atoms with Crippen LogP contribution < -0.4 is 10.1 Å². The SMILES string of the molecule is Cc1c(OC2CCC(C)CC2)ccc2cc(C(C)NC3CC(C(=O)O)C3(C)C)ccc12. The van der Waals surface area contributed by atoms with Crippen LogP contribution in [0, 0.1) is 24.2 Å². The molecule has 2 aromatic rings. The van der Waals surface area contributed by atoms with Crippen molar-refractivity contribution in [1.29, 1.82) is 0 Å². The molecule has 4 heteroatoms. The summed E-state index contributed by atoms with van der Waals surface area (Å²) in [6.07, 6.45) is 5.87. The van der Waals surface area contributed by atoms with Gasteiger partial charge < -0.3 is 15.2 Å². The number of fused-ring (bicyclic) bond motifs is 1. The Balaban J connectivity index is 1.46.